The van der Waals surface area contributed by atoms with Crippen LogP contribution in [0.1, 0.15) is 40.9 Å². The Labute approximate surface area is 181 Å². The van der Waals surface area contributed by atoms with E-state index < -0.39 is 6.04 Å². The number of nitrogens with zero attached hydrogens (tertiary/aromatic N) is 3. The summed E-state index contributed by atoms with van der Waals surface area (Å²) in [7, 11) is 0. The highest BCUT2D eigenvalue weighted by atomic mass is 16.2. The van der Waals surface area contributed by atoms with Gasteiger partial charge in [-0.15, -0.1) is 0 Å². The van der Waals surface area contributed by atoms with Crippen LogP contribution in [-0.4, -0.2) is 58.4 Å². The van der Waals surface area contributed by atoms with E-state index in [1.807, 2.05) is 34.9 Å². The molecule has 0 saturated carbocycles. The van der Waals surface area contributed by atoms with E-state index in [1.165, 1.54) is 0 Å². The molecule has 1 fully saturated rings. The minimum absolute atomic E-state index is 0.0731. The minimum atomic E-state index is -0.501. The van der Waals surface area contributed by atoms with Gasteiger partial charge >= 0.3 is 0 Å². The second kappa shape index (κ2) is 7.96. The number of hydrogen-bond acceptors (Lipinski definition) is 4. The third kappa shape index (κ3) is 3.67. The SMILES string of the molecule is C[C@H](C(=O)NCCN1C[C@H]2C[C@@H](C1)c1cccc(=O)n1C2)N1Cc2ccccc2C1=O. The van der Waals surface area contributed by atoms with Crippen LogP contribution in [0.4, 0.5) is 0 Å². The van der Waals surface area contributed by atoms with E-state index >= 15 is 0 Å². The second-order valence-electron chi connectivity index (χ2n) is 9.01. The number of carbonyl (C=O) groups is 2. The second-order valence-corrected chi connectivity index (χ2v) is 9.01. The van der Waals surface area contributed by atoms with Crippen LogP contribution in [0.5, 0.6) is 0 Å². The highest BCUT2D eigenvalue weighted by molar-refractivity contribution is 6.01. The third-order valence-corrected chi connectivity index (χ3v) is 6.98. The molecule has 0 aliphatic carbocycles. The molecule has 7 nitrogen and oxygen atoms in total. The van der Waals surface area contributed by atoms with Gasteiger partial charge < -0.3 is 19.7 Å². The fourth-order valence-electron chi connectivity index (χ4n) is 5.39. The number of hydrogen-bond donors (Lipinski definition) is 1. The summed E-state index contributed by atoms with van der Waals surface area (Å²) in [6, 6.07) is 12.6. The lowest BCUT2D eigenvalue weighted by atomic mass is 9.83. The predicted molar refractivity (Wildman–Crippen MR) is 117 cm³/mol. The quantitative estimate of drug-likeness (QED) is 0.794. The highest BCUT2D eigenvalue weighted by Gasteiger charge is 2.35. The number of piperidine rings is 1. The van der Waals surface area contributed by atoms with Crippen molar-refractivity contribution in [3.63, 3.8) is 0 Å². The lowest BCUT2D eigenvalue weighted by Crippen LogP contribution is -2.50. The maximum absolute atomic E-state index is 12.7. The van der Waals surface area contributed by atoms with Gasteiger partial charge in [0.1, 0.15) is 6.04 Å². The molecule has 7 heteroatoms. The first-order chi connectivity index (χ1) is 15.0. The average molecular weight is 421 g/mol. The zero-order valence-electron chi connectivity index (χ0n) is 17.8. The van der Waals surface area contributed by atoms with Crippen LogP contribution in [0.15, 0.2) is 47.3 Å². The highest BCUT2D eigenvalue weighted by Crippen LogP contribution is 2.34. The molecular formula is C24H28N4O3. The fourth-order valence-corrected chi connectivity index (χ4v) is 5.39. The van der Waals surface area contributed by atoms with Crippen LogP contribution in [-0.2, 0) is 17.9 Å². The van der Waals surface area contributed by atoms with Crippen LogP contribution in [0.25, 0.3) is 0 Å². The normalized spacial score (nSPS) is 23.3. The zero-order valence-corrected chi connectivity index (χ0v) is 17.8. The summed E-state index contributed by atoms with van der Waals surface area (Å²) in [5.41, 5.74) is 2.91. The molecule has 5 rings (SSSR count). The Morgan fingerprint density at radius 2 is 1.94 bits per heavy atom. The first-order valence-electron chi connectivity index (χ1n) is 11.1. The summed E-state index contributed by atoms with van der Waals surface area (Å²) < 4.78 is 1.94. The Kier molecular flexibility index (Phi) is 5.14. The standard InChI is InChI=1S/C24H28N4O3/c1-16(27-15-18-5-2-3-6-20(18)24(27)31)23(30)25-9-10-26-12-17-11-19(14-26)21-7-4-8-22(29)28(21)13-17/h2-8,16-17,19H,9-15H2,1H3,(H,25,30)/t16-,17-,19+/m1/s1. The summed E-state index contributed by atoms with van der Waals surface area (Å²) in [4.78, 5) is 41.5. The molecule has 1 aromatic heterocycles. The Morgan fingerprint density at radius 3 is 2.77 bits per heavy atom. The van der Waals surface area contributed by atoms with Gasteiger partial charge in [-0.1, -0.05) is 24.3 Å². The molecule has 2 aromatic rings. The number of nitrogens with one attached hydrogen (secondary N) is 1. The lowest BCUT2D eigenvalue weighted by Gasteiger charge is -2.42. The number of rotatable bonds is 5. The lowest BCUT2D eigenvalue weighted by molar-refractivity contribution is -0.125. The third-order valence-electron chi connectivity index (χ3n) is 6.98. The summed E-state index contributed by atoms with van der Waals surface area (Å²) in [6.45, 7) is 6.24. The topological polar surface area (TPSA) is 74.7 Å². The number of carbonyl (C=O) groups excluding carboxylic acids is 2. The van der Waals surface area contributed by atoms with Crippen LogP contribution < -0.4 is 10.9 Å². The van der Waals surface area contributed by atoms with Crippen molar-refractivity contribution >= 4 is 11.8 Å². The molecule has 2 amide bonds. The Balaban J connectivity index is 1.15. The Bertz CT molecular complexity index is 1080. The van der Waals surface area contributed by atoms with E-state index in [-0.39, 0.29) is 17.4 Å². The molecule has 4 heterocycles. The summed E-state index contributed by atoms with van der Waals surface area (Å²) in [5.74, 6) is 0.657. The summed E-state index contributed by atoms with van der Waals surface area (Å²) in [6.07, 6.45) is 1.13. The minimum Gasteiger partial charge on any atom is -0.353 e. The van der Waals surface area contributed by atoms with E-state index in [1.54, 1.807) is 17.9 Å². The summed E-state index contributed by atoms with van der Waals surface area (Å²) >= 11 is 0. The Morgan fingerprint density at radius 1 is 1.10 bits per heavy atom. The monoisotopic (exact) mass is 420 g/mol. The molecule has 3 atom stereocenters. The predicted octanol–water partition coefficient (Wildman–Crippen LogP) is 1.43. The van der Waals surface area contributed by atoms with Crippen molar-refractivity contribution in [2.24, 2.45) is 5.92 Å². The van der Waals surface area contributed by atoms with Crippen LogP contribution in [0.3, 0.4) is 0 Å². The number of amides is 2. The van der Waals surface area contributed by atoms with Crippen molar-refractivity contribution in [3.8, 4) is 0 Å². The van der Waals surface area contributed by atoms with Gasteiger partial charge in [-0.3, -0.25) is 14.4 Å². The van der Waals surface area contributed by atoms with E-state index in [9.17, 15) is 14.4 Å². The molecule has 0 unspecified atom stereocenters. The maximum atomic E-state index is 12.7. The fraction of sp³-hybridized carbons (Fsp3) is 0.458. The van der Waals surface area contributed by atoms with Gasteiger partial charge in [0.05, 0.1) is 0 Å². The molecule has 2 bridgehead atoms. The molecule has 0 radical (unpaired) electrons. The Hall–Kier alpha value is -2.93. The first-order valence-corrected chi connectivity index (χ1v) is 11.1. The van der Waals surface area contributed by atoms with Crippen molar-refractivity contribution in [3.05, 3.63) is 69.6 Å². The number of pyridine rings is 1. The average Bonchev–Trinajstić information content (AvgIpc) is 3.10. The van der Waals surface area contributed by atoms with Crippen molar-refractivity contribution in [2.45, 2.75) is 38.4 Å². The molecule has 1 N–H and O–H groups in total. The van der Waals surface area contributed by atoms with Gasteiger partial charge in [0.15, 0.2) is 0 Å². The van der Waals surface area contributed by atoms with Crippen LogP contribution in [0, 0.1) is 5.92 Å². The largest absolute Gasteiger partial charge is 0.353 e. The van der Waals surface area contributed by atoms with Crippen LogP contribution >= 0.6 is 0 Å². The van der Waals surface area contributed by atoms with Crippen molar-refractivity contribution in [2.75, 3.05) is 26.2 Å². The molecular weight excluding hydrogens is 392 g/mol. The van der Waals surface area contributed by atoms with E-state index in [2.05, 4.69) is 16.3 Å². The van der Waals surface area contributed by atoms with Gasteiger partial charge in [0.2, 0.25) is 5.91 Å². The maximum Gasteiger partial charge on any atom is 0.255 e. The van der Waals surface area contributed by atoms with Crippen molar-refractivity contribution in [1.29, 1.82) is 0 Å². The molecule has 31 heavy (non-hydrogen) atoms. The van der Waals surface area contributed by atoms with E-state index in [0.29, 0.717) is 30.5 Å². The number of fused-ring (bicyclic) bond motifs is 5. The van der Waals surface area contributed by atoms with E-state index in [0.717, 1.165) is 43.9 Å². The van der Waals surface area contributed by atoms with Crippen molar-refractivity contribution in [1.82, 2.24) is 19.7 Å². The zero-order chi connectivity index (χ0) is 21.5. The van der Waals surface area contributed by atoms with Gasteiger partial charge in [0, 0.05) is 62.5 Å². The summed E-state index contributed by atoms with van der Waals surface area (Å²) in [5, 5.41) is 3.02. The number of aromatic nitrogens is 1. The van der Waals surface area contributed by atoms with Crippen LogP contribution in [0.2, 0.25) is 0 Å². The molecule has 3 aliphatic heterocycles. The number of likely N-dealkylation sites (tertiary alicyclic amines) is 1. The number of benzene rings is 1. The molecule has 3 aliphatic rings. The van der Waals surface area contributed by atoms with E-state index in [4.69, 9.17) is 0 Å². The van der Waals surface area contributed by atoms with Gasteiger partial charge in [-0.05, 0) is 37.0 Å². The smallest absolute Gasteiger partial charge is 0.255 e. The first kappa shape index (κ1) is 20.0. The molecule has 1 saturated heterocycles. The molecule has 1 aromatic carbocycles. The van der Waals surface area contributed by atoms with Gasteiger partial charge in [-0.2, -0.15) is 0 Å². The van der Waals surface area contributed by atoms with Crippen molar-refractivity contribution < 1.29 is 9.59 Å². The van der Waals surface area contributed by atoms with Gasteiger partial charge in [-0.25, -0.2) is 0 Å². The molecule has 0 spiro atoms. The molecule has 162 valence electrons. The van der Waals surface area contributed by atoms with Gasteiger partial charge in [0.25, 0.3) is 11.5 Å².